The summed E-state index contributed by atoms with van der Waals surface area (Å²) in [5, 5.41) is 11.1. The molecular weight excluding hydrogens is 308 g/mol. The molecule has 1 saturated heterocycles. The van der Waals surface area contributed by atoms with E-state index in [9.17, 15) is 0 Å². The number of aromatic amines is 1. The maximum atomic E-state index is 4.28. The Morgan fingerprint density at radius 1 is 1.12 bits per heavy atom. The zero-order valence-corrected chi connectivity index (χ0v) is 16.3. The van der Waals surface area contributed by atoms with E-state index in [1.54, 1.807) is 0 Å². The second-order valence-electron chi connectivity index (χ2n) is 8.35. The van der Waals surface area contributed by atoms with Crippen molar-refractivity contribution in [1.82, 2.24) is 15.5 Å². The predicted octanol–water partition coefficient (Wildman–Crippen LogP) is 4.08. The minimum absolute atomic E-state index is 0.221. The summed E-state index contributed by atoms with van der Waals surface area (Å²) in [6.45, 7) is 14.1. The molecule has 1 aromatic carbocycles. The van der Waals surface area contributed by atoms with Gasteiger partial charge in [-0.15, -0.1) is 0 Å². The fourth-order valence-corrected chi connectivity index (χ4v) is 3.59. The third kappa shape index (κ3) is 4.24. The van der Waals surface area contributed by atoms with Crippen LogP contribution in [0.4, 0.5) is 5.69 Å². The van der Waals surface area contributed by atoms with Crippen molar-refractivity contribution in [3.8, 4) is 0 Å². The third-order valence-electron chi connectivity index (χ3n) is 5.44. The number of hydrogen-bond donors (Lipinski definition) is 2. The van der Waals surface area contributed by atoms with Gasteiger partial charge in [0, 0.05) is 42.6 Å². The number of piperidine rings is 1. The Bertz CT molecular complexity index is 666. The van der Waals surface area contributed by atoms with Crippen LogP contribution in [0, 0.1) is 13.8 Å². The second-order valence-corrected chi connectivity index (χ2v) is 8.35. The highest BCUT2D eigenvalue weighted by Gasteiger charge is 2.20. The Labute approximate surface area is 152 Å². The quantitative estimate of drug-likeness (QED) is 0.881. The van der Waals surface area contributed by atoms with E-state index in [1.165, 1.54) is 35.3 Å². The highest BCUT2D eigenvalue weighted by molar-refractivity contribution is 5.49. The van der Waals surface area contributed by atoms with Crippen LogP contribution in [0.2, 0.25) is 0 Å². The molecule has 0 amide bonds. The first-order chi connectivity index (χ1) is 11.8. The van der Waals surface area contributed by atoms with E-state index in [4.69, 9.17) is 0 Å². The predicted molar refractivity (Wildman–Crippen MR) is 105 cm³/mol. The molecule has 4 heteroatoms. The molecule has 0 bridgehead atoms. The summed E-state index contributed by atoms with van der Waals surface area (Å²) in [5.41, 5.74) is 6.59. The molecule has 3 rings (SSSR count). The number of rotatable bonds is 4. The molecule has 1 aliphatic heterocycles. The highest BCUT2D eigenvalue weighted by Crippen LogP contribution is 2.26. The van der Waals surface area contributed by atoms with E-state index in [0.717, 1.165) is 25.3 Å². The lowest BCUT2D eigenvalue weighted by Gasteiger charge is -2.34. The molecule has 0 radical (unpaired) electrons. The minimum Gasteiger partial charge on any atom is -0.371 e. The summed E-state index contributed by atoms with van der Waals surface area (Å²) in [7, 11) is 0. The number of H-pyrrole nitrogens is 1. The molecule has 1 aromatic heterocycles. The number of aromatic nitrogens is 2. The Balaban J connectivity index is 1.52. The normalized spacial score (nSPS) is 16.4. The van der Waals surface area contributed by atoms with Crippen LogP contribution < -0.4 is 10.2 Å². The van der Waals surface area contributed by atoms with Gasteiger partial charge in [-0.25, -0.2) is 0 Å². The van der Waals surface area contributed by atoms with E-state index in [-0.39, 0.29) is 5.41 Å². The van der Waals surface area contributed by atoms with Crippen LogP contribution in [0.15, 0.2) is 24.3 Å². The standard InChI is InChI=1S/C21H32N4/c1-15-20(16(2)24-23-15)14-22-18-10-12-25(13-11-18)19-8-6-17(7-9-19)21(3,4)5/h6-9,18,22H,10-14H2,1-5H3,(H,23,24). The van der Waals surface area contributed by atoms with E-state index in [2.05, 4.69) is 79.3 Å². The Hall–Kier alpha value is -1.81. The van der Waals surface area contributed by atoms with Gasteiger partial charge >= 0.3 is 0 Å². The van der Waals surface area contributed by atoms with E-state index in [0.29, 0.717) is 6.04 Å². The van der Waals surface area contributed by atoms with Gasteiger partial charge in [-0.2, -0.15) is 5.10 Å². The molecule has 2 aromatic rings. The van der Waals surface area contributed by atoms with Crippen molar-refractivity contribution in [2.75, 3.05) is 18.0 Å². The highest BCUT2D eigenvalue weighted by atomic mass is 15.2. The summed E-state index contributed by atoms with van der Waals surface area (Å²) >= 11 is 0. The largest absolute Gasteiger partial charge is 0.371 e. The zero-order chi connectivity index (χ0) is 18.0. The van der Waals surface area contributed by atoms with Crippen LogP contribution in [0.25, 0.3) is 0 Å². The summed E-state index contributed by atoms with van der Waals surface area (Å²) < 4.78 is 0. The molecular formula is C21H32N4. The van der Waals surface area contributed by atoms with Gasteiger partial charge in [0.15, 0.2) is 0 Å². The Kier molecular flexibility index (Phi) is 5.19. The number of nitrogens with one attached hydrogen (secondary N) is 2. The minimum atomic E-state index is 0.221. The lowest BCUT2D eigenvalue weighted by atomic mass is 9.87. The molecule has 1 aliphatic rings. The van der Waals surface area contributed by atoms with Gasteiger partial charge in [-0.05, 0) is 49.8 Å². The maximum Gasteiger partial charge on any atom is 0.0638 e. The van der Waals surface area contributed by atoms with Gasteiger partial charge in [0.25, 0.3) is 0 Å². The average molecular weight is 341 g/mol. The first-order valence-electron chi connectivity index (χ1n) is 9.44. The van der Waals surface area contributed by atoms with Gasteiger partial charge in [0.2, 0.25) is 0 Å². The van der Waals surface area contributed by atoms with Crippen LogP contribution in [0.1, 0.15) is 56.1 Å². The molecule has 25 heavy (non-hydrogen) atoms. The molecule has 2 heterocycles. The maximum absolute atomic E-state index is 4.28. The Morgan fingerprint density at radius 2 is 1.76 bits per heavy atom. The summed E-state index contributed by atoms with van der Waals surface area (Å²) in [6.07, 6.45) is 2.38. The van der Waals surface area contributed by atoms with Crippen LogP contribution in [-0.2, 0) is 12.0 Å². The lowest BCUT2D eigenvalue weighted by molar-refractivity contribution is 0.413. The van der Waals surface area contributed by atoms with Gasteiger partial charge < -0.3 is 10.2 Å². The van der Waals surface area contributed by atoms with Crippen molar-refractivity contribution in [3.05, 3.63) is 46.8 Å². The van der Waals surface area contributed by atoms with Crippen molar-refractivity contribution in [2.45, 2.75) is 65.5 Å². The van der Waals surface area contributed by atoms with Crippen LogP contribution >= 0.6 is 0 Å². The summed E-state index contributed by atoms with van der Waals surface area (Å²) in [4.78, 5) is 2.51. The van der Waals surface area contributed by atoms with Crippen molar-refractivity contribution in [1.29, 1.82) is 0 Å². The average Bonchev–Trinajstić information content (AvgIpc) is 2.91. The molecule has 0 aliphatic carbocycles. The number of aryl methyl sites for hydroxylation is 2. The molecule has 1 fully saturated rings. The molecule has 0 spiro atoms. The van der Waals surface area contributed by atoms with Gasteiger partial charge in [-0.3, -0.25) is 5.10 Å². The molecule has 4 nitrogen and oxygen atoms in total. The van der Waals surface area contributed by atoms with E-state index >= 15 is 0 Å². The molecule has 2 N–H and O–H groups in total. The first-order valence-corrected chi connectivity index (χ1v) is 9.44. The zero-order valence-electron chi connectivity index (χ0n) is 16.3. The SMILES string of the molecule is Cc1n[nH]c(C)c1CNC1CCN(c2ccc(C(C)(C)C)cc2)CC1. The van der Waals surface area contributed by atoms with Crippen molar-refractivity contribution in [3.63, 3.8) is 0 Å². The van der Waals surface area contributed by atoms with Crippen molar-refractivity contribution >= 4 is 5.69 Å². The van der Waals surface area contributed by atoms with Crippen LogP contribution in [0.5, 0.6) is 0 Å². The van der Waals surface area contributed by atoms with E-state index in [1.807, 2.05) is 0 Å². The van der Waals surface area contributed by atoms with Gasteiger partial charge in [0.1, 0.15) is 0 Å². The lowest BCUT2D eigenvalue weighted by Crippen LogP contribution is -2.42. The fourth-order valence-electron chi connectivity index (χ4n) is 3.59. The van der Waals surface area contributed by atoms with Crippen LogP contribution in [-0.4, -0.2) is 29.3 Å². The van der Waals surface area contributed by atoms with Crippen molar-refractivity contribution in [2.24, 2.45) is 0 Å². The van der Waals surface area contributed by atoms with E-state index < -0.39 is 0 Å². The molecule has 0 unspecified atom stereocenters. The smallest absolute Gasteiger partial charge is 0.0638 e. The fraction of sp³-hybridized carbons (Fsp3) is 0.571. The first kappa shape index (κ1) is 18.0. The topological polar surface area (TPSA) is 44.0 Å². The number of nitrogens with zero attached hydrogens (tertiary/aromatic N) is 2. The number of hydrogen-bond acceptors (Lipinski definition) is 3. The Morgan fingerprint density at radius 3 is 2.28 bits per heavy atom. The van der Waals surface area contributed by atoms with Gasteiger partial charge in [0.05, 0.1) is 5.69 Å². The third-order valence-corrected chi connectivity index (χ3v) is 5.44. The molecule has 0 atom stereocenters. The monoisotopic (exact) mass is 340 g/mol. The second kappa shape index (κ2) is 7.20. The van der Waals surface area contributed by atoms with Gasteiger partial charge in [-0.1, -0.05) is 32.9 Å². The molecule has 0 saturated carbocycles. The summed E-state index contributed by atoms with van der Waals surface area (Å²) in [6, 6.07) is 9.73. The summed E-state index contributed by atoms with van der Waals surface area (Å²) in [5.74, 6) is 0. The molecule has 136 valence electrons. The number of benzene rings is 1. The number of anilines is 1. The van der Waals surface area contributed by atoms with Crippen LogP contribution in [0.3, 0.4) is 0 Å². The van der Waals surface area contributed by atoms with Crippen molar-refractivity contribution < 1.29 is 0 Å².